The average molecular weight is 362 g/mol. The van der Waals surface area contributed by atoms with Crippen molar-refractivity contribution in [3.63, 3.8) is 0 Å². The molecule has 6 heteroatoms. The molecule has 0 radical (unpaired) electrons. The maximum atomic E-state index is 12.8. The summed E-state index contributed by atoms with van der Waals surface area (Å²) in [6, 6.07) is 13.4. The summed E-state index contributed by atoms with van der Waals surface area (Å²) in [6.07, 6.45) is 3.68. The number of aromatic nitrogens is 2. The summed E-state index contributed by atoms with van der Waals surface area (Å²) < 4.78 is 5.24. The number of benzene rings is 1. The van der Waals surface area contributed by atoms with Crippen molar-refractivity contribution < 1.29 is 9.53 Å². The number of nitrogens with zero attached hydrogens (tertiary/aromatic N) is 4. The Bertz CT molecular complexity index is 937. The van der Waals surface area contributed by atoms with E-state index >= 15 is 0 Å². The van der Waals surface area contributed by atoms with Gasteiger partial charge in [-0.2, -0.15) is 0 Å². The monoisotopic (exact) mass is 362 g/mol. The maximum Gasteiger partial charge on any atom is 0.272 e. The van der Waals surface area contributed by atoms with Gasteiger partial charge < -0.3 is 9.64 Å². The quantitative estimate of drug-likeness (QED) is 0.714. The van der Waals surface area contributed by atoms with E-state index in [4.69, 9.17) is 4.74 Å². The van der Waals surface area contributed by atoms with Crippen LogP contribution in [0.25, 0.3) is 10.9 Å². The molecule has 1 aliphatic rings. The molecule has 1 amide bonds. The number of fused-ring (bicyclic) bond motifs is 1. The molecule has 0 spiro atoms. The van der Waals surface area contributed by atoms with E-state index in [9.17, 15) is 4.79 Å². The first-order valence-electron chi connectivity index (χ1n) is 9.08. The van der Waals surface area contributed by atoms with Crippen LogP contribution in [0.3, 0.4) is 0 Å². The van der Waals surface area contributed by atoms with Crippen molar-refractivity contribution in [3.8, 4) is 5.75 Å². The molecule has 27 heavy (non-hydrogen) atoms. The number of carbonyl (C=O) groups is 1. The number of hydrogen-bond acceptors (Lipinski definition) is 5. The predicted octanol–water partition coefficient (Wildman–Crippen LogP) is 2.60. The molecule has 0 aliphatic carbocycles. The van der Waals surface area contributed by atoms with Crippen molar-refractivity contribution in [1.82, 2.24) is 19.8 Å². The van der Waals surface area contributed by atoms with Crippen LogP contribution in [0.1, 0.15) is 16.1 Å². The average Bonchev–Trinajstić information content (AvgIpc) is 2.74. The van der Waals surface area contributed by atoms with E-state index in [-0.39, 0.29) is 5.91 Å². The lowest BCUT2D eigenvalue weighted by molar-refractivity contribution is 0.0623. The highest BCUT2D eigenvalue weighted by Gasteiger charge is 2.23. The molecule has 3 heterocycles. The van der Waals surface area contributed by atoms with E-state index in [1.165, 1.54) is 5.56 Å². The Morgan fingerprint density at radius 2 is 1.96 bits per heavy atom. The number of amides is 1. The topological polar surface area (TPSA) is 58.6 Å². The number of methoxy groups -OCH3 is 1. The summed E-state index contributed by atoms with van der Waals surface area (Å²) in [6.45, 7) is 3.99. The molecule has 1 aromatic carbocycles. The summed E-state index contributed by atoms with van der Waals surface area (Å²) >= 11 is 0. The highest BCUT2D eigenvalue weighted by atomic mass is 16.5. The van der Waals surface area contributed by atoms with E-state index in [0.29, 0.717) is 18.8 Å². The molecule has 0 bridgehead atoms. The predicted molar refractivity (Wildman–Crippen MR) is 104 cm³/mol. The van der Waals surface area contributed by atoms with Gasteiger partial charge in [0.1, 0.15) is 11.4 Å². The third kappa shape index (κ3) is 3.90. The van der Waals surface area contributed by atoms with Crippen LogP contribution in [0.2, 0.25) is 0 Å². The van der Waals surface area contributed by atoms with Gasteiger partial charge in [0.2, 0.25) is 0 Å². The summed E-state index contributed by atoms with van der Waals surface area (Å²) in [5, 5.41) is 0.965. The van der Waals surface area contributed by atoms with Crippen molar-refractivity contribution >= 4 is 16.8 Å². The molecule has 0 atom stereocenters. The molecule has 6 nitrogen and oxygen atoms in total. The lowest BCUT2D eigenvalue weighted by atomic mass is 10.1. The molecule has 0 unspecified atom stereocenters. The fraction of sp³-hybridized carbons (Fsp3) is 0.286. The van der Waals surface area contributed by atoms with Crippen molar-refractivity contribution in [2.45, 2.75) is 6.54 Å². The van der Waals surface area contributed by atoms with Crippen LogP contribution in [-0.2, 0) is 6.54 Å². The molecule has 138 valence electrons. The van der Waals surface area contributed by atoms with Crippen LogP contribution in [-0.4, -0.2) is 59.0 Å². The van der Waals surface area contributed by atoms with E-state index in [2.05, 4.69) is 20.9 Å². The largest absolute Gasteiger partial charge is 0.497 e. The van der Waals surface area contributed by atoms with Gasteiger partial charge in [-0.15, -0.1) is 0 Å². The minimum absolute atomic E-state index is 0.00579. The molecular formula is C21H22N4O2. The Morgan fingerprint density at radius 1 is 1.11 bits per heavy atom. The van der Waals surface area contributed by atoms with Crippen LogP contribution in [0.15, 0.2) is 54.9 Å². The Morgan fingerprint density at radius 3 is 2.70 bits per heavy atom. The summed E-state index contributed by atoms with van der Waals surface area (Å²) in [4.78, 5) is 25.8. The molecule has 4 rings (SSSR count). The van der Waals surface area contributed by atoms with E-state index in [1.807, 2.05) is 41.4 Å². The SMILES string of the molecule is COc1ccc2nc(C(=O)N3CCN(Cc4cccnc4)CC3)ccc2c1. The maximum absolute atomic E-state index is 12.8. The molecule has 3 aromatic rings. The molecule has 2 aromatic heterocycles. The summed E-state index contributed by atoms with van der Waals surface area (Å²) in [7, 11) is 1.64. The normalized spacial score (nSPS) is 15.1. The van der Waals surface area contributed by atoms with Crippen molar-refractivity contribution in [2.75, 3.05) is 33.3 Å². The molecule has 0 saturated carbocycles. The summed E-state index contributed by atoms with van der Waals surface area (Å²) in [5.41, 5.74) is 2.49. The Kier molecular flexibility index (Phi) is 4.98. The Balaban J connectivity index is 1.41. The second-order valence-electron chi connectivity index (χ2n) is 6.68. The molecule has 0 N–H and O–H groups in total. The van der Waals surface area contributed by atoms with Crippen LogP contribution in [0.5, 0.6) is 5.75 Å². The van der Waals surface area contributed by atoms with Gasteiger partial charge in [0.05, 0.1) is 12.6 Å². The zero-order valence-electron chi connectivity index (χ0n) is 15.3. The van der Waals surface area contributed by atoms with Crippen molar-refractivity contribution in [1.29, 1.82) is 0 Å². The highest BCUT2D eigenvalue weighted by Crippen LogP contribution is 2.20. The number of carbonyl (C=O) groups excluding carboxylic acids is 1. The number of rotatable bonds is 4. The number of pyridine rings is 2. The minimum atomic E-state index is -0.00579. The van der Waals surface area contributed by atoms with Gasteiger partial charge in [0.15, 0.2) is 0 Å². The van der Waals surface area contributed by atoms with E-state index < -0.39 is 0 Å². The van der Waals surface area contributed by atoms with Crippen molar-refractivity contribution in [2.24, 2.45) is 0 Å². The molecule has 1 saturated heterocycles. The highest BCUT2D eigenvalue weighted by molar-refractivity contribution is 5.95. The molecular weight excluding hydrogens is 340 g/mol. The third-order valence-electron chi connectivity index (χ3n) is 4.90. The standard InChI is InChI=1S/C21H22N4O2/c1-27-18-5-7-19-17(13-18)4-6-20(23-19)21(26)25-11-9-24(10-12-25)15-16-3-2-8-22-14-16/h2-8,13-14H,9-12,15H2,1H3. The van der Waals surface area contributed by atoms with Crippen LogP contribution in [0.4, 0.5) is 0 Å². The lowest BCUT2D eigenvalue weighted by Gasteiger charge is -2.34. The Hall–Kier alpha value is -2.99. The zero-order chi connectivity index (χ0) is 18.6. The fourth-order valence-electron chi connectivity index (χ4n) is 3.37. The van der Waals surface area contributed by atoms with E-state index in [1.54, 1.807) is 19.4 Å². The van der Waals surface area contributed by atoms with Gasteiger partial charge in [0, 0.05) is 50.5 Å². The van der Waals surface area contributed by atoms with Gasteiger partial charge >= 0.3 is 0 Å². The second-order valence-corrected chi connectivity index (χ2v) is 6.68. The smallest absolute Gasteiger partial charge is 0.272 e. The van der Waals surface area contributed by atoms with Gasteiger partial charge in [-0.25, -0.2) is 4.98 Å². The molecule has 1 fully saturated rings. The van der Waals surface area contributed by atoms with Crippen LogP contribution < -0.4 is 4.74 Å². The first-order valence-corrected chi connectivity index (χ1v) is 9.08. The zero-order valence-corrected chi connectivity index (χ0v) is 15.3. The van der Waals surface area contributed by atoms with Crippen molar-refractivity contribution in [3.05, 3.63) is 66.1 Å². The number of hydrogen-bond donors (Lipinski definition) is 0. The molecule has 1 aliphatic heterocycles. The van der Waals surface area contributed by atoms with E-state index in [0.717, 1.165) is 36.3 Å². The van der Waals surface area contributed by atoms with Gasteiger partial charge in [-0.1, -0.05) is 12.1 Å². The van der Waals surface area contributed by atoms with Gasteiger partial charge in [-0.3, -0.25) is 14.7 Å². The van der Waals surface area contributed by atoms with Crippen LogP contribution in [0, 0.1) is 0 Å². The summed E-state index contributed by atoms with van der Waals surface area (Å²) in [5.74, 6) is 0.780. The minimum Gasteiger partial charge on any atom is -0.497 e. The lowest BCUT2D eigenvalue weighted by Crippen LogP contribution is -2.48. The van der Waals surface area contributed by atoms with Gasteiger partial charge in [0.25, 0.3) is 5.91 Å². The first-order chi connectivity index (χ1) is 13.2. The third-order valence-corrected chi connectivity index (χ3v) is 4.90. The second kappa shape index (κ2) is 7.72. The Labute approximate surface area is 158 Å². The van der Waals surface area contributed by atoms with Crippen LogP contribution >= 0.6 is 0 Å². The van der Waals surface area contributed by atoms with Gasteiger partial charge in [-0.05, 0) is 35.9 Å². The fourth-order valence-corrected chi connectivity index (χ4v) is 3.37. The first kappa shape index (κ1) is 17.4. The number of piperazine rings is 1. The number of ether oxygens (including phenoxy) is 1.